The van der Waals surface area contributed by atoms with Crippen LogP contribution in [0.1, 0.15) is 57.1 Å². The van der Waals surface area contributed by atoms with Gasteiger partial charge in [0.1, 0.15) is 5.82 Å². The zero-order chi connectivity index (χ0) is 18.9. The molecule has 2 aromatic rings. The lowest BCUT2D eigenvalue weighted by atomic mass is 9.99. The highest BCUT2D eigenvalue weighted by molar-refractivity contribution is 5.49. The highest BCUT2D eigenvalue weighted by Crippen LogP contribution is 2.21. The highest BCUT2D eigenvalue weighted by atomic mass is 19.1. The van der Waals surface area contributed by atoms with Gasteiger partial charge in [0.2, 0.25) is 0 Å². The second-order valence-corrected chi connectivity index (χ2v) is 7.35. The van der Waals surface area contributed by atoms with Crippen LogP contribution in [0.5, 0.6) is 0 Å². The lowest BCUT2D eigenvalue weighted by molar-refractivity contribution is 0.589. The van der Waals surface area contributed by atoms with E-state index in [1.807, 2.05) is 12.1 Å². The van der Waals surface area contributed by atoms with Crippen LogP contribution in [0.25, 0.3) is 0 Å². The average Bonchev–Trinajstić information content (AvgIpc) is 2.69. The molecule has 0 spiro atoms. The van der Waals surface area contributed by atoms with Crippen molar-refractivity contribution in [1.82, 2.24) is 5.32 Å². The van der Waals surface area contributed by atoms with Crippen LogP contribution in [0.2, 0.25) is 0 Å². The third-order valence-electron chi connectivity index (χ3n) is 5.07. The van der Waals surface area contributed by atoms with Crippen LogP contribution in [-0.4, -0.2) is 26.2 Å². The van der Waals surface area contributed by atoms with Gasteiger partial charge < -0.3 is 10.2 Å². The zero-order valence-corrected chi connectivity index (χ0v) is 16.6. The van der Waals surface area contributed by atoms with Crippen LogP contribution >= 0.6 is 0 Å². The Balaban J connectivity index is 0.000000197. The molecular weight excluding hydrogens is 323 g/mol. The topological polar surface area (TPSA) is 15.3 Å². The number of benzene rings is 2. The van der Waals surface area contributed by atoms with Crippen molar-refractivity contribution in [2.24, 2.45) is 0 Å². The van der Waals surface area contributed by atoms with E-state index in [9.17, 15) is 4.39 Å². The molecule has 0 bridgehead atoms. The molecule has 2 nitrogen and oxygen atoms in total. The van der Waals surface area contributed by atoms with Crippen LogP contribution < -0.4 is 10.2 Å². The summed E-state index contributed by atoms with van der Waals surface area (Å²) in [5.41, 5.74) is 4.03. The monoisotopic (exact) mass is 356 g/mol. The van der Waals surface area contributed by atoms with Gasteiger partial charge in [0.15, 0.2) is 0 Å². The Morgan fingerprint density at radius 3 is 2.19 bits per heavy atom. The average molecular weight is 357 g/mol. The molecule has 1 aliphatic heterocycles. The van der Waals surface area contributed by atoms with Crippen LogP contribution in [-0.2, 0) is 0 Å². The molecule has 0 aliphatic carbocycles. The van der Waals surface area contributed by atoms with E-state index in [1.54, 1.807) is 0 Å². The molecular formula is C23H33FN2. The highest BCUT2D eigenvalue weighted by Gasteiger charge is 2.10. The van der Waals surface area contributed by atoms with E-state index in [4.69, 9.17) is 0 Å². The predicted octanol–water partition coefficient (Wildman–Crippen LogP) is 5.56. The number of rotatable bonds is 4. The van der Waals surface area contributed by atoms with E-state index in [2.05, 4.69) is 62.2 Å². The number of nitrogens with one attached hydrogen (secondary N) is 1. The van der Waals surface area contributed by atoms with Gasteiger partial charge in [0.25, 0.3) is 0 Å². The molecule has 0 amide bonds. The molecule has 1 saturated heterocycles. The third kappa shape index (κ3) is 6.14. The number of hydrogen-bond donors (Lipinski definition) is 1. The normalized spacial score (nSPS) is 15.4. The molecule has 0 aromatic heterocycles. The Hall–Kier alpha value is -1.87. The Morgan fingerprint density at radius 2 is 1.62 bits per heavy atom. The molecule has 1 atom stereocenters. The Kier molecular flexibility index (Phi) is 8.11. The summed E-state index contributed by atoms with van der Waals surface area (Å²) in [7, 11) is 0. The van der Waals surface area contributed by atoms with Crippen molar-refractivity contribution in [2.45, 2.75) is 46.0 Å². The minimum atomic E-state index is -0.156. The van der Waals surface area contributed by atoms with Crippen LogP contribution in [0.15, 0.2) is 48.5 Å². The summed E-state index contributed by atoms with van der Waals surface area (Å²) in [5.74, 6) is 1.00. The molecule has 0 saturated carbocycles. The number of piperazine rings is 1. The second-order valence-electron chi connectivity index (χ2n) is 7.35. The molecule has 142 valence electrons. The lowest BCUT2D eigenvalue weighted by Gasteiger charge is -2.30. The van der Waals surface area contributed by atoms with Crippen LogP contribution in [0.4, 0.5) is 10.1 Å². The van der Waals surface area contributed by atoms with E-state index >= 15 is 0 Å². The lowest BCUT2D eigenvalue weighted by Crippen LogP contribution is -2.43. The number of nitrogens with zero attached hydrogens (tertiary/aromatic N) is 1. The van der Waals surface area contributed by atoms with Crippen molar-refractivity contribution in [3.63, 3.8) is 0 Å². The first-order valence-electron chi connectivity index (χ1n) is 9.82. The molecule has 0 radical (unpaired) electrons. The number of halogens is 1. The summed E-state index contributed by atoms with van der Waals surface area (Å²) >= 11 is 0. The smallest absolute Gasteiger partial charge is 0.123 e. The predicted molar refractivity (Wildman–Crippen MR) is 111 cm³/mol. The van der Waals surface area contributed by atoms with E-state index in [0.29, 0.717) is 11.8 Å². The zero-order valence-electron chi connectivity index (χ0n) is 16.6. The van der Waals surface area contributed by atoms with Gasteiger partial charge in [-0.1, -0.05) is 52.0 Å². The van der Waals surface area contributed by atoms with Crippen LogP contribution in [0.3, 0.4) is 0 Å². The van der Waals surface area contributed by atoms with Crippen LogP contribution in [0, 0.1) is 5.82 Å². The maximum atomic E-state index is 12.5. The minimum absolute atomic E-state index is 0.156. The summed E-state index contributed by atoms with van der Waals surface area (Å²) in [6, 6.07) is 15.7. The Labute approximate surface area is 158 Å². The van der Waals surface area contributed by atoms with Gasteiger partial charge in [-0.3, -0.25) is 0 Å². The van der Waals surface area contributed by atoms with Crippen molar-refractivity contribution in [3.8, 4) is 0 Å². The SMILES string of the molecule is CC(C)c1cccc(N2CCNCC2)c1.CCC(C)c1ccc(F)cc1. The second kappa shape index (κ2) is 10.3. The first kappa shape index (κ1) is 20.4. The van der Waals surface area contributed by atoms with Gasteiger partial charge in [-0.2, -0.15) is 0 Å². The number of hydrogen-bond acceptors (Lipinski definition) is 2. The van der Waals surface area contributed by atoms with Gasteiger partial charge in [-0.15, -0.1) is 0 Å². The molecule has 1 N–H and O–H groups in total. The van der Waals surface area contributed by atoms with Crippen molar-refractivity contribution in [3.05, 3.63) is 65.5 Å². The molecule has 2 aromatic carbocycles. The summed E-state index contributed by atoms with van der Waals surface area (Å²) in [6.45, 7) is 13.2. The molecule has 3 rings (SSSR count). The molecule has 1 unspecified atom stereocenters. The maximum absolute atomic E-state index is 12.5. The van der Waals surface area contributed by atoms with Gasteiger partial charge in [0.05, 0.1) is 0 Å². The summed E-state index contributed by atoms with van der Waals surface area (Å²) in [5, 5.41) is 3.38. The molecule has 3 heteroatoms. The standard InChI is InChI=1S/C13H20N2.C10H13F/c1-11(2)12-4-3-5-13(10-12)15-8-6-14-7-9-15;1-3-8(2)9-4-6-10(11)7-5-9/h3-5,10-11,14H,6-9H2,1-2H3;4-8H,3H2,1-2H3. The van der Waals surface area contributed by atoms with Gasteiger partial charge in [-0.05, 0) is 53.6 Å². The molecule has 1 aliphatic rings. The van der Waals surface area contributed by atoms with Gasteiger partial charge in [0, 0.05) is 31.9 Å². The van der Waals surface area contributed by atoms with E-state index in [0.717, 1.165) is 32.6 Å². The quantitative estimate of drug-likeness (QED) is 0.771. The Bertz CT molecular complexity index is 646. The fourth-order valence-electron chi connectivity index (χ4n) is 3.03. The fraction of sp³-hybridized carbons (Fsp3) is 0.478. The van der Waals surface area contributed by atoms with E-state index in [1.165, 1.54) is 28.9 Å². The molecule has 1 heterocycles. The first-order chi connectivity index (χ1) is 12.5. The van der Waals surface area contributed by atoms with Gasteiger partial charge in [-0.25, -0.2) is 4.39 Å². The maximum Gasteiger partial charge on any atom is 0.123 e. The first-order valence-corrected chi connectivity index (χ1v) is 9.82. The van der Waals surface area contributed by atoms with Gasteiger partial charge >= 0.3 is 0 Å². The molecule has 26 heavy (non-hydrogen) atoms. The third-order valence-corrected chi connectivity index (χ3v) is 5.07. The van der Waals surface area contributed by atoms with E-state index in [-0.39, 0.29) is 5.82 Å². The molecule has 1 fully saturated rings. The summed E-state index contributed by atoms with van der Waals surface area (Å²) < 4.78 is 12.5. The van der Waals surface area contributed by atoms with Crippen molar-refractivity contribution in [2.75, 3.05) is 31.1 Å². The van der Waals surface area contributed by atoms with Crippen molar-refractivity contribution < 1.29 is 4.39 Å². The Morgan fingerprint density at radius 1 is 0.962 bits per heavy atom. The van der Waals surface area contributed by atoms with Crippen molar-refractivity contribution in [1.29, 1.82) is 0 Å². The number of anilines is 1. The van der Waals surface area contributed by atoms with Crippen molar-refractivity contribution >= 4 is 5.69 Å². The largest absolute Gasteiger partial charge is 0.369 e. The summed E-state index contributed by atoms with van der Waals surface area (Å²) in [6.07, 6.45) is 1.10. The summed E-state index contributed by atoms with van der Waals surface area (Å²) in [4.78, 5) is 2.46. The fourth-order valence-corrected chi connectivity index (χ4v) is 3.03. The van der Waals surface area contributed by atoms with E-state index < -0.39 is 0 Å². The minimum Gasteiger partial charge on any atom is -0.369 e.